The van der Waals surface area contributed by atoms with Crippen LogP contribution in [0, 0.1) is 6.92 Å². The van der Waals surface area contributed by atoms with Crippen LogP contribution in [-0.2, 0) is 10.0 Å². The van der Waals surface area contributed by atoms with Crippen LogP contribution in [0.4, 0.5) is 0 Å². The number of rotatable bonds is 4. The van der Waals surface area contributed by atoms with Gasteiger partial charge in [0.1, 0.15) is 11.4 Å². The number of para-hydroxylation sites is 1. The van der Waals surface area contributed by atoms with Crippen LogP contribution in [0.2, 0.25) is 0 Å². The third-order valence-corrected chi connectivity index (χ3v) is 5.80. The molecule has 1 N–H and O–H groups in total. The summed E-state index contributed by atoms with van der Waals surface area (Å²) in [6.45, 7) is 7.66. The molecule has 0 fully saturated rings. The van der Waals surface area contributed by atoms with E-state index in [1.54, 1.807) is 30.3 Å². The van der Waals surface area contributed by atoms with Gasteiger partial charge in [0.2, 0.25) is 10.0 Å². The molecule has 0 bridgehead atoms. The minimum atomic E-state index is -3.62. The van der Waals surface area contributed by atoms with Gasteiger partial charge in [0.15, 0.2) is 0 Å². The highest BCUT2D eigenvalue weighted by molar-refractivity contribution is 7.89. The van der Waals surface area contributed by atoms with Gasteiger partial charge in [0, 0.05) is 12.0 Å². The molecule has 0 unspecified atom stereocenters. The predicted octanol–water partition coefficient (Wildman–Crippen LogP) is 3.74. The summed E-state index contributed by atoms with van der Waals surface area (Å²) >= 11 is 0. The third kappa shape index (κ3) is 3.23. The average Bonchev–Trinajstić information content (AvgIpc) is 2.55. The Morgan fingerprint density at radius 3 is 2.54 bits per heavy atom. The number of benzene rings is 2. The fourth-order valence-electron chi connectivity index (χ4n) is 2.87. The van der Waals surface area contributed by atoms with E-state index in [0.717, 1.165) is 11.1 Å². The fourth-order valence-corrected chi connectivity index (χ4v) is 4.09. The molecular weight excluding hydrogens is 322 g/mol. The zero-order valence-electron chi connectivity index (χ0n) is 13.8. The summed E-state index contributed by atoms with van der Waals surface area (Å²) in [7, 11) is -3.62. The van der Waals surface area contributed by atoms with Crippen molar-refractivity contribution in [3.8, 4) is 5.75 Å². The Hall–Kier alpha value is -2.11. The number of sulfonamides is 1. The quantitative estimate of drug-likeness (QED) is 0.861. The molecule has 0 radical (unpaired) electrons. The first-order valence-corrected chi connectivity index (χ1v) is 9.32. The summed E-state index contributed by atoms with van der Waals surface area (Å²) in [5.74, 6) is 0.683. The summed E-state index contributed by atoms with van der Waals surface area (Å²) in [6.07, 6.45) is 2.20. The Labute approximate surface area is 143 Å². The van der Waals surface area contributed by atoms with Gasteiger partial charge < -0.3 is 4.74 Å². The highest BCUT2D eigenvalue weighted by Crippen LogP contribution is 2.40. The molecule has 0 spiro atoms. The van der Waals surface area contributed by atoms with E-state index in [-0.39, 0.29) is 10.9 Å². The molecule has 5 heteroatoms. The highest BCUT2D eigenvalue weighted by atomic mass is 32.2. The van der Waals surface area contributed by atoms with E-state index in [1.807, 2.05) is 38.1 Å². The van der Waals surface area contributed by atoms with Crippen molar-refractivity contribution in [3.63, 3.8) is 0 Å². The smallest absolute Gasteiger partial charge is 0.241 e. The minimum absolute atomic E-state index is 0.261. The molecule has 24 heavy (non-hydrogen) atoms. The van der Waals surface area contributed by atoms with Crippen LogP contribution in [0.25, 0.3) is 0 Å². The summed E-state index contributed by atoms with van der Waals surface area (Å²) in [6, 6.07) is 13.9. The topological polar surface area (TPSA) is 55.4 Å². The Kier molecular flexibility index (Phi) is 4.24. The molecular formula is C19H21NO3S. The van der Waals surface area contributed by atoms with Crippen LogP contribution in [0.3, 0.4) is 0 Å². The zero-order valence-corrected chi connectivity index (χ0v) is 14.6. The van der Waals surface area contributed by atoms with E-state index in [2.05, 4.69) is 11.3 Å². The van der Waals surface area contributed by atoms with Crippen LogP contribution < -0.4 is 9.46 Å². The highest BCUT2D eigenvalue weighted by Gasteiger charge is 2.37. The minimum Gasteiger partial charge on any atom is -0.483 e. The van der Waals surface area contributed by atoms with E-state index in [9.17, 15) is 8.42 Å². The van der Waals surface area contributed by atoms with E-state index < -0.39 is 15.6 Å². The van der Waals surface area contributed by atoms with Crippen molar-refractivity contribution >= 4 is 10.0 Å². The Bertz CT molecular complexity index is 858. The first kappa shape index (κ1) is 16.7. The van der Waals surface area contributed by atoms with Gasteiger partial charge in [-0.05, 0) is 38.1 Å². The van der Waals surface area contributed by atoms with Crippen molar-refractivity contribution in [2.45, 2.75) is 36.8 Å². The second-order valence-electron chi connectivity index (χ2n) is 6.35. The molecule has 2 aromatic rings. The van der Waals surface area contributed by atoms with Crippen molar-refractivity contribution in [3.05, 3.63) is 72.3 Å². The van der Waals surface area contributed by atoms with Gasteiger partial charge in [-0.3, -0.25) is 0 Å². The van der Waals surface area contributed by atoms with Crippen LogP contribution in [0.5, 0.6) is 5.75 Å². The summed E-state index contributed by atoms with van der Waals surface area (Å²) in [4.78, 5) is 0.261. The van der Waals surface area contributed by atoms with Crippen molar-refractivity contribution in [1.29, 1.82) is 0 Å². The zero-order chi connectivity index (χ0) is 17.4. The van der Waals surface area contributed by atoms with Gasteiger partial charge in [-0.25, -0.2) is 13.1 Å². The van der Waals surface area contributed by atoms with Gasteiger partial charge in [0.05, 0.1) is 10.9 Å². The lowest BCUT2D eigenvalue weighted by molar-refractivity contribution is 0.0988. The number of hydrogen-bond acceptors (Lipinski definition) is 3. The molecule has 1 aliphatic heterocycles. The van der Waals surface area contributed by atoms with Crippen LogP contribution in [-0.4, -0.2) is 14.0 Å². The monoisotopic (exact) mass is 343 g/mol. The standard InChI is InChI=1S/C19H21NO3S/c1-4-19(3)13-17(16-7-5-6-8-18(16)23-19)20-24(21,22)15-11-9-14(2)10-12-15/h4-12,17,20H,1,13H2,2-3H3/t17-,19+/m1/s1. The van der Waals surface area contributed by atoms with E-state index in [1.165, 1.54) is 0 Å². The molecule has 4 nitrogen and oxygen atoms in total. The van der Waals surface area contributed by atoms with Gasteiger partial charge in [-0.1, -0.05) is 42.5 Å². The number of ether oxygens (including phenoxy) is 1. The molecule has 126 valence electrons. The molecule has 0 saturated carbocycles. The van der Waals surface area contributed by atoms with E-state index in [4.69, 9.17) is 4.74 Å². The van der Waals surface area contributed by atoms with Crippen molar-refractivity contribution in [2.24, 2.45) is 0 Å². The number of aryl methyl sites for hydroxylation is 1. The molecule has 2 aromatic carbocycles. The van der Waals surface area contributed by atoms with Gasteiger partial charge >= 0.3 is 0 Å². The number of fused-ring (bicyclic) bond motifs is 1. The number of nitrogens with one attached hydrogen (secondary N) is 1. The molecule has 1 aliphatic rings. The summed E-state index contributed by atoms with van der Waals surface area (Å²) in [5, 5.41) is 0. The second-order valence-corrected chi connectivity index (χ2v) is 8.06. The van der Waals surface area contributed by atoms with Crippen molar-refractivity contribution in [2.75, 3.05) is 0 Å². The lowest BCUT2D eigenvalue weighted by Crippen LogP contribution is -2.41. The molecule has 0 amide bonds. The van der Waals surface area contributed by atoms with Gasteiger partial charge in [0.25, 0.3) is 0 Å². The van der Waals surface area contributed by atoms with Crippen LogP contribution >= 0.6 is 0 Å². The first-order valence-electron chi connectivity index (χ1n) is 7.83. The van der Waals surface area contributed by atoms with E-state index >= 15 is 0 Å². The predicted molar refractivity (Wildman–Crippen MR) is 94.5 cm³/mol. The molecule has 1 heterocycles. The average molecular weight is 343 g/mol. The number of hydrogen-bond donors (Lipinski definition) is 1. The molecule has 2 atom stereocenters. The maximum absolute atomic E-state index is 12.7. The van der Waals surface area contributed by atoms with Crippen molar-refractivity contribution in [1.82, 2.24) is 4.72 Å². The lowest BCUT2D eigenvalue weighted by atomic mass is 9.89. The molecule has 0 aliphatic carbocycles. The molecule has 3 rings (SSSR count). The van der Waals surface area contributed by atoms with Gasteiger partial charge in [-0.15, -0.1) is 0 Å². The van der Waals surface area contributed by atoms with Crippen LogP contribution in [0.15, 0.2) is 66.1 Å². The molecule has 0 aromatic heterocycles. The summed E-state index contributed by atoms with van der Waals surface area (Å²) in [5.41, 5.74) is 1.24. The maximum atomic E-state index is 12.7. The normalized spacial score (nSPS) is 23.2. The third-order valence-electron chi connectivity index (χ3n) is 4.31. The van der Waals surface area contributed by atoms with Crippen LogP contribution in [0.1, 0.15) is 30.5 Å². The van der Waals surface area contributed by atoms with E-state index in [0.29, 0.717) is 12.2 Å². The SMILES string of the molecule is C=C[C@@]1(C)C[C@@H](NS(=O)(=O)c2ccc(C)cc2)c2ccccc2O1. The van der Waals surface area contributed by atoms with Gasteiger partial charge in [-0.2, -0.15) is 0 Å². The Morgan fingerprint density at radius 1 is 1.21 bits per heavy atom. The fraction of sp³-hybridized carbons (Fsp3) is 0.263. The maximum Gasteiger partial charge on any atom is 0.241 e. The van der Waals surface area contributed by atoms with Crippen molar-refractivity contribution < 1.29 is 13.2 Å². The molecule has 0 saturated heterocycles. The summed E-state index contributed by atoms with van der Waals surface area (Å²) < 4.78 is 34.3. The largest absolute Gasteiger partial charge is 0.483 e. The Morgan fingerprint density at radius 2 is 1.88 bits per heavy atom. The lowest BCUT2D eigenvalue weighted by Gasteiger charge is -2.38. The second kappa shape index (κ2) is 6.07. The first-order chi connectivity index (χ1) is 11.3. The Balaban J connectivity index is 1.96.